The molecule has 22 heavy (non-hydrogen) atoms. The molecular formula is C13H18ClN7O. The van der Waals surface area contributed by atoms with E-state index >= 15 is 0 Å². The van der Waals surface area contributed by atoms with Crippen LogP contribution in [0.5, 0.6) is 0 Å². The van der Waals surface area contributed by atoms with E-state index in [9.17, 15) is 4.79 Å². The van der Waals surface area contributed by atoms with Gasteiger partial charge in [0.1, 0.15) is 6.33 Å². The zero-order valence-electron chi connectivity index (χ0n) is 12.5. The summed E-state index contributed by atoms with van der Waals surface area (Å²) in [6.45, 7) is 5.23. The van der Waals surface area contributed by atoms with Crippen LogP contribution in [0.25, 0.3) is 0 Å². The average Bonchev–Trinajstić information content (AvgIpc) is 3.16. The van der Waals surface area contributed by atoms with Gasteiger partial charge in [0.15, 0.2) is 0 Å². The second-order valence-electron chi connectivity index (χ2n) is 5.58. The van der Waals surface area contributed by atoms with Crippen molar-refractivity contribution in [3.8, 4) is 0 Å². The fourth-order valence-electron chi connectivity index (χ4n) is 2.55. The summed E-state index contributed by atoms with van der Waals surface area (Å²) in [4.78, 5) is 18.2. The highest BCUT2D eigenvalue weighted by molar-refractivity contribution is 6.30. The summed E-state index contributed by atoms with van der Waals surface area (Å²) in [6.07, 6.45) is 5.68. The number of carbonyl (C=O) groups excluding carboxylic acids is 1. The summed E-state index contributed by atoms with van der Waals surface area (Å²) in [5, 5.41) is 11.7. The molecule has 1 saturated heterocycles. The lowest BCUT2D eigenvalue weighted by atomic mass is 10.3. The Balaban J connectivity index is 1.63. The summed E-state index contributed by atoms with van der Waals surface area (Å²) in [5.74, 6) is 0.464. The zero-order chi connectivity index (χ0) is 15.7. The number of rotatable bonds is 3. The average molecular weight is 324 g/mol. The van der Waals surface area contributed by atoms with Gasteiger partial charge in [0.05, 0.1) is 23.3 Å². The Morgan fingerprint density at radius 1 is 1.45 bits per heavy atom. The Bertz CT molecular complexity index is 665. The maximum atomic E-state index is 12.3. The normalized spacial score (nSPS) is 18.2. The van der Waals surface area contributed by atoms with Crippen molar-refractivity contribution in [2.75, 3.05) is 18.4 Å². The zero-order valence-corrected chi connectivity index (χ0v) is 13.2. The minimum atomic E-state index is -0.171. The SMILES string of the molecule is CC(C)n1ncnc1NC(=O)N1CCC(n2cc(Cl)cn2)C1. The van der Waals surface area contributed by atoms with Crippen molar-refractivity contribution in [3.05, 3.63) is 23.7 Å². The number of urea groups is 1. The van der Waals surface area contributed by atoms with Gasteiger partial charge in [-0.25, -0.2) is 9.48 Å². The predicted molar refractivity (Wildman–Crippen MR) is 81.9 cm³/mol. The molecule has 1 fully saturated rings. The van der Waals surface area contributed by atoms with Crippen LogP contribution in [0.3, 0.4) is 0 Å². The van der Waals surface area contributed by atoms with E-state index in [1.807, 2.05) is 18.5 Å². The maximum Gasteiger partial charge on any atom is 0.324 e. The van der Waals surface area contributed by atoms with Gasteiger partial charge in [0.2, 0.25) is 5.95 Å². The van der Waals surface area contributed by atoms with Crippen LogP contribution >= 0.6 is 11.6 Å². The van der Waals surface area contributed by atoms with Crippen LogP contribution in [0.15, 0.2) is 18.7 Å². The maximum absolute atomic E-state index is 12.3. The van der Waals surface area contributed by atoms with Crippen LogP contribution < -0.4 is 5.32 Å². The predicted octanol–water partition coefficient (Wildman–Crippen LogP) is 2.19. The molecule has 2 amide bonds. The van der Waals surface area contributed by atoms with Crippen LogP contribution in [0.4, 0.5) is 10.7 Å². The Morgan fingerprint density at radius 2 is 2.27 bits per heavy atom. The highest BCUT2D eigenvalue weighted by atomic mass is 35.5. The molecule has 8 nitrogen and oxygen atoms in total. The smallest absolute Gasteiger partial charge is 0.322 e. The van der Waals surface area contributed by atoms with Crippen molar-refractivity contribution in [1.82, 2.24) is 29.4 Å². The molecular weight excluding hydrogens is 306 g/mol. The standard InChI is InChI=1S/C13H18ClN7O/c1-9(2)21-12(15-8-17-21)18-13(22)19-4-3-11(7-19)20-6-10(14)5-16-20/h5-6,8-9,11H,3-4,7H2,1-2H3,(H,15,17,18,22). The van der Waals surface area contributed by atoms with E-state index in [4.69, 9.17) is 11.6 Å². The summed E-state index contributed by atoms with van der Waals surface area (Å²) in [6, 6.07) is 0.118. The molecule has 1 N–H and O–H groups in total. The fraction of sp³-hybridized carbons (Fsp3) is 0.538. The van der Waals surface area contributed by atoms with Crippen molar-refractivity contribution < 1.29 is 4.79 Å². The first-order chi connectivity index (χ1) is 10.5. The summed E-state index contributed by atoms with van der Waals surface area (Å²) >= 11 is 5.89. The number of hydrogen-bond donors (Lipinski definition) is 1. The van der Waals surface area contributed by atoms with Gasteiger partial charge in [-0.2, -0.15) is 15.2 Å². The molecule has 2 aromatic heterocycles. The topological polar surface area (TPSA) is 80.9 Å². The summed E-state index contributed by atoms with van der Waals surface area (Å²) < 4.78 is 3.49. The fourth-order valence-corrected chi connectivity index (χ4v) is 2.69. The van der Waals surface area contributed by atoms with E-state index in [0.29, 0.717) is 24.1 Å². The first-order valence-corrected chi connectivity index (χ1v) is 7.57. The van der Waals surface area contributed by atoms with Gasteiger partial charge in [0, 0.05) is 19.3 Å². The molecule has 1 aliphatic heterocycles. The minimum absolute atomic E-state index is 0.135. The molecule has 0 radical (unpaired) electrons. The third kappa shape index (κ3) is 2.92. The molecule has 0 spiro atoms. The molecule has 0 aromatic carbocycles. The highest BCUT2D eigenvalue weighted by Crippen LogP contribution is 2.23. The van der Waals surface area contributed by atoms with Crippen molar-refractivity contribution in [1.29, 1.82) is 0 Å². The van der Waals surface area contributed by atoms with Crippen LogP contribution in [0.2, 0.25) is 5.02 Å². The third-order valence-corrected chi connectivity index (χ3v) is 3.87. The number of carbonyl (C=O) groups is 1. The lowest BCUT2D eigenvalue weighted by Gasteiger charge is -2.18. The molecule has 0 aliphatic carbocycles. The minimum Gasteiger partial charge on any atom is -0.322 e. The number of aromatic nitrogens is 5. The number of nitrogens with one attached hydrogen (secondary N) is 1. The van der Waals surface area contributed by atoms with Gasteiger partial charge in [-0.3, -0.25) is 10.00 Å². The number of amides is 2. The molecule has 1 atom stereocenters. The molecule has 0 saturated carbocycles. The Labute approximate surface area is 133 Å². The van der Waals surface area contributed by atoms with Crippen LogP contribution in [-0.2, 0) is 0 Å². The van der Waals surface area contributed by atoms with Gasteiger partial charge in [-0.15, -0.1) is 0 Å². The molecule has 2 aromatic rings. The number of likely N-dealkylation sites (tertiary alicyclic amines) is 1. The number of halogens is 1. The Kier molecular flexibility index (Phi) is 4.02. The van der Waals surface area contributed by atoms with Crippen molar-refractivity contribution >= 4 is 23.6 Å². The molecule has 118 valence electrons. The largest absolute Gasteiger partial charge is 0.324 e. The van der Waals surface area contributed by atoms with E-state index in [1.54, 1.807) is 22.0 Å². The second-order valence-corrected chi connectivity index (χ2v) is 6.02. The van der Waals surface area contributed by atoms with Crippen LogP contribution in [-0.4, -0.2) is 48.6 Å². The first-order valence-electron chi connectivity index (χ1n) is 7.19. The molecule has 1 unspecified atom stereocenters. The summed E-state index contributed by atoms with van der Waals surface area (Å²) in [7, 11) is 0. The van der Waals surface area contributed by atoms with Crippen LogP contribution in [0.1, 0.15) is 32.4 Å². The van der Waals surface area contributed by atoms with Crippen molar-refractivity contribution in [2.45, 2.75) is 32.4 Å². The van der Waals surface area contributed by atoms with Crippen molar-refractivity contribution in [3.63, 3.8) is 0 Å². The molecule has 1 aliphatic rings. The van der Waals surface area contributed by atoms with E-state index in [0.717, 1.165) is 6.42 Å². The van der Waals surface area contributed by atoms with Gasteiger partial charge < -0.3 is 4.90 Å². The first kappa shape index (κ1) is 14.8. The van der Waals surface area contributed by atoms with Gasteiger partial charge in [0.25, 0.3) is 0 Å². The molecule has 0 bridgehead atoms. The Hall–Kier alpha value is -2.09. The molecule has 9 heteroatoms. The van der Waals surface area contributed by atoms with E-state index in [2.05, 4.69) is 20.5 Å². The van der Waals surface area contributed by atoms with E-state index < -0.39 is 0 Å². The third-order valence-electron chi connectivity index (χ3n) is 3.68. The van der Waals surface area contributed by atoms with Crippen LogP contribution in [0, 0.1) is 0 Å². The quantitative estimate of drug-likeness (QED) is 0.938. The van der Waals surface area contributed by atoms with Crippen molar-refractivity contribution in [2.24, 2.45) is 0 Å². The number of nitrogens with zero attached hydrogens (tertiary/aromatic N) is 6. The summed E-state index contributed by atoms with van der Waals surface area (Å²) in [5.41, 5.74) is 0. The number of hydrogen-bond acceptors (Lipinski definition) is 4. The molecule has 3 rings (SSSR count). The molecule has 3 heterocycles. The monoisotopic (exact) mass is 323 g/mol. The van der Waals surface area contributed by atoms with Gasteiger partial charge >= 0.3 is 6.03 Å². The number of anilines is 1. The lowest BCUT2D eigenvalue weighted by molar-refractivity contribution is 0.220. The van der Waals surface area contributed by atoms with Gasteiger partial charge in [-0.1, -0.05) is 11.6 Å². The highest BCUT2D eigenvalue weighted by Gasteiger charge is 2.28. The lowest BCUT2D eigenvalue weighted by Crippen LogP contribution is -2.34. The second kappa shape index (κ2) is 5.96. The van der Waals surface area contributed by atoms with E-state index in [-0.39, 0.29) is 18.1 Å². The Morgan fingerprint density at radius 3 is 2.95 bits per heavy atom. The van der Waals surface area contributed by atoms with Gasteiger partial charge in [-0.05, 0) is 20.3 Å². The van der Waals surface area contributed by atoms with E-state index in [1.165, 1.54) is 6.33 Å².